The predicted molar refractivity (Wildman–Crippen MR) is 76.3 cm³/mol. The van der Waals surface area contributed by atoms with E-state index in [9.17, 15) is 4.79 Å². The fraction of sp³-hybridized carbons (Fsp3) is 0.933. The molecule has 0 aromatic rings. The Hall–Kier alpha value is -0.610. The first-order valence-electron chi connectivity index (χ1n) is 7.59. The minimum atomic E-state index is -0.668. The number of carboxylic acids is 1. The summed E-state index contributed by atoms with van der Waals surface area (Å²) < 4.78 is 0. The van der Waals surface area contributed by atoms with Crippen LogP contribution in [0.2, 0.25) is 0 Å². The molecule has 0 aromatic carbocycles. The van der Waals surface area contributed by atoms with Crippen LogP contribution in [-0.4, -0.2) is 58.6 Å². The van der Waals surface area contributed by atoms with Crippen LogP contribution < -0.4 is 0 Å². The van der Waals surface area contributed by atoms with Gasteiger partial charge in [-0.3, -0.25) is 14.6 Å². The summed E-state index contributed by atoms with van der Waals surface area (Å²) in [6, 6.07) is 0.782. The molecule has 1 saturated heterocycles. The van der Waals surface area contributed by atoms with Gasteiger partial charge >= 0.3 is 5.97 Å². The molecule has 1 saturated carbocycles. The molecule has 0 bridgehead atoms. The summed E-state index contributed by atoms with van der Waals surface area (Å²) in [5.74, 6) is -0.668. The number of carboxylic acid groups (broad SMARTS) is 1. The number of likely N-dealkylation sites (N-methyl/N-ethyl adjacent to an activating group) is 1. The molecule has 4 heteroatoms. The molecule has 1 aliphatic heterocycles. The van der Waals surface area contributed by atoms with Crippen molar-refractivity contribution in [3.05, 3.63) is 0 Å². The lowest BCUT2D eigenvalue weighted by molar-refractivity contribution is -0.140. The van der Waals surface area contributed by atoms with Crippen molar-refractivity contribution < 1.29 is 9.90 Å². The lowest BCUT2D eigenvalue weighted by Crippen LogP contribution is -2.64. The topological polar surface area (TPSA) is 43.8 Å². The highest BCUT2D eigenvalue weighted by molar-refractivity contribution is 5.67. The molecule has 1 atom stereocenters. The van der Waals surface area contributed by atoms with E-state index in [1.807, 2.05) is 0 Å². The summed E-state index contributed by atoms with van der Waals surface area (Å²) in [5.41, 5.74) is 0.145. The van der Waals surface area contributed by atoms with E-state index in [1.165, 1.54) is 32.1 Å². The molecule has 0 amide bonds. The van der Waals surface area contributed by atoms with Crippen LogP contribution in [0, 0.1) is 0 Å². The number of nitrogens with zero attached hydrogens (tertiary/aromatic N) is 2. The Morgan fingerprint density at radius 1 is 1.26 bits per heavy atom. The number of piperazine rings is 1. The number of hydrogen-bond acceptors (Lipinski definition) is 3. The zero-order chi connectivity index (χ0) is 14.0. The maximum absolute atomic E-state index is 11.1. The van der Waals surface area contributed by atoms with Gasteiger partial charge in [-0.05, 0) is 33.7 Å². The molecule has 0 radical (unpaired) electrons. The number of aliphatic carboxylic acids is 1. The molecular formula is C15H28N2O2. The number of rotatable bonds is 3. The zero-order valence-corrected chi connectivity index (χ0v) is 12.6. The molecule has 2 aliphatic rings. The third kappa shape index (κ3) is 3.48. The minimum absolute atomic E-state index is 0.145. The average Bonchev–Trinajstić information content (AvgIpc) is 2.34. The van der Waals surface area contributed by atoms with Crippen molar-refractivity contribution in [1.29, 1.82) is 0 Å². The van der Waals surface area contributed by atoms with Gasteiger partial charge in [0.15, 0.2) is 0 Å². The average molecular weight is 268 g/mol. The Morgan fingerprint density at radius 2 is 1.89 bits per heavy atom. The third-order valence-electron chi connectivity index (χ3n) is 5.01. The van der Waals surface area contributed by atoms with Gasteiger partial charge in [0.25, 0.3) is 0 Å². The Balaban J connectivity index is 2.11. The van der Waals surface area contributed by atoms with Gasteiger partial charge in [-0.15, -0.1) is 0 Å². The van der Waals surface area contributed by atoms with Crippen LogP contribution in [0.3, 0.4) is 0 Å². The van der Waals surface area contributed by atoms with Crippen LogP contribution in [0.15, 0.2) is 0 Å². The molecule has 19 heavy (non-hydrogen) atoms. The van der Waals surface area contributed by atoms with Crippen molar-refractivity contribution in [2.24, 2.45) is 0 Å². The number of hydrogen-bond donors (Lipinski definition) is 1. The molecule has 1 N–H and O–H groups in total. The molecule has 0 spiro atoms. The third-order valence-corrected chi connectivity index (χ3v) is 5.01. The highest BCUT2D eigenvalue weighted by Crippen LogP contribution is 2.31. The molecule has 110 valence electrons. The molecule has 1 aliphatic carbocycles. The fourth-order valence-electron chi connectivity index (χ4n) is 3.59. The first-order valence-corrected chi connectivity index (χ1v) is 7.59. The molecule has 2 fully saturated rings. The molecule has 4 nitrogen and oxygen atoms in total. The number of carbonyl (C=O) groups is 1. The maximum atomic E-state index is 11.1. The quantitative estimate of drug-likeness (QED) is 0.852. The first-order chi connectivity index (χ1) is 8.90. The van der Waals surface area contributed by atoms with E-state index in [0.29, 0.717) is 6.04 Å². The Morgan fingerprint density at radius 3 is 2.47 bits per heavy atom. The Kier molecular flexibility index (Phi) is 4.51. The summed E-state index contributed by atoms with van der Waals surface area (Å²) >= 11 is 0. The monoisotopic (exact) mass is 268 g/mol. The van der Waals surface area contributed by atoms with Gasteiger partial charge in [0.2, 0.25) is 0 Å². The maximum Gasteiger partial charge on any atom is 0.304 e. The summed E-state index contributed by atoms with van der Waals surface area (Å²) in [6.45, 7) is 6.39. The van der Waals surface area contributed by atoms with Crippen molar-refractivity contribution in [2.45, 2.75) is 70.0 Å². The van der Waals surface area contributed by atoms with E-state index >= 15 is 0 Å². The smallest absolute Gasteiger partial charge is 0.304 e. The summed E-state index contributed by atoms with van der Waals surface area (Å²) in [6.07, 6.45) is 6.72. The van der Waals surface area contributed by atoms with E-state index in [2.05, 4.69) is 30.7 Å². The van der Waals surface area contributed by atoms with Gasteiger partial charge in [0.05, 0.1) is 6.42 Å². The van der Waals surface area contributed by atoms with Gasteiger partial charge in [-0.25, -0.2) is 0 Å². The van der Waals surface area contributed by atoms with E-state index in [4.69, 9.17) is 5.11 Å². The zero-order valence-electron chi connectivity index (χ0n) is 12.6. The second-order valence-corrected chi connectivity index (χ2v) is 6.91. The van der Waals surface area contributed by atoms with Gasteiger partial charge < -0.3 is 5.11 Å². The van der Waals surface area contributed by atoms with Gasteiger partial charge in [-0.1, -0.05) is 19.3 Å². The van der Waals surface area contributed by atoms with Crippen molar-refractivity contribution in [3.8, 4) is 0 Å². The molecule has 2 rings (SSSR count). The second-order valence-electron chi connectivity index (χ2n) is 6.91. The van der Waals surface area contributed by atoms with Crippen LogP contribution in [0.1, 0.15) is 52.4 Å². The fourth-order valence-corrected chi connectivity index (χ4v) is 3.59. The molecule has 1 unspecified atom stereocenters. The van der Waals surface area contributed by atoms with Crippen molar-refractivity contribution >= 4 is 5.97 Å². The highest BCUT2D eigenvalue weighted by atomic mass is 16.4. The van der Waals surface area contributed by atoms with Crippen LogP contribution in [-0.2, 0) is 4.79 Å². The van der Waals surface area contributed by atoms with Crippen LogP contribution in [0.4, 0.5) is 0 Å². The Bertz CT molecular complexity index is 324. The van der Waals surface area contributed by atoms with Crippen molar-refractivity contribution in [3.63, 3.8) is 0 Å². The van der Waals surface area contributed by atoms with E-state index in [0.717, 1.165) is 13.1 Å². The van der Waals surface area contributed by atoms with Gasteiger partial charge in [0.1, 0.15) is 0 Å². The van der Waals surface area contributed by atoms with Crippen LogP contribution in [0.25, 0.3) is 0 Å². The van der Waals surface area contributed by atoms with Gasteiger partial charge in [-0.2, -0.15) is 0 Å². The molecular weight excluding hydrogens is 240 g/mol. The lowest BCUT2D eigenvalue weighted by Gasteiger charge is -2.52. The van der Waals surface area contributed by atoms with E-state index in [1.54, 1.807) is 0 Å². The van der Waals surface area contributed by atoms with Gasteiger partial charge in [0, 0.05) is 30.7 Å². The van der Waals surface area contributed by atoms with Crippen molar-refractivity contribution in [1.82, 2.24) is 9.80 Å². The molecule has 0 aromatic heterocycles. The van der Waals surface area contributed by atoms with Crippen LogP contribution in [0.5, 0.6) is 0 Å². The summed E-state index contributed by atoms with van der Waals surface area (Å²) in [7, 11) is 2.12. The SMILES string of the molecule is CN1CC(CC(=O)O)N(C2CCCCC2)CC1(C)C. The van der Waals surface area contributed by atoms with Crippen LogP contribution >= 0.6 is 0 Å². The Labute approximate surface area is 116 Å². The summed E-state index contributed by atoms with van der Waals surface area (Å²) in [4.78, 5) is 15.9. The minimum Gasteiger partial charge on any atom is -0.481 e. The second kappa shape index (κ2) is 5.80. The standard InChI is InChI=1S/C15H28N2O2/c1-15(2)11-17(12-7-5-4-6-8-12)13(9-14(18)19)10-16(15)3/h12-13H,4-11H2,1-3H3,(H,18,19). The first kappa shape index (κ1) is 14.8. The van der Waals surface area contributed by atoms with E-state index < -0.39 is 5.97 Å². The summed E-state index contributed by atoms with van der Waals surface area (Å²) in [5, 5.41) is 9.15. The molecule has 1 heterocycles. The van der Waals surface area contributed by atoms with E-state index in [-0.39, 0.29) is 18.0 Å². The lowest BCUT2D eigenvalue weighted by atomic mass is 9.88. The predicted octanol–water partition coefficient (Wildman–Crippen LogP) is 2.19. The highest BCUT2D eigenvalue weighted by Gasteiger charge is 2.40. The normalized spacial score (nSPS) is 30.4. The largest absolute Gasteiger partial charge is 0.481 e. The van der Waals surface area contributed by atoms with Crippen molar-refractivity contribution in [2.75, 3.05) is 20.1 Å².